The third kappa shape index (κ3) is 3.76. The zero-order valence-electron chi connectivity index (χ0n) is 15.7. The number of fused-ring (bicyclic) bond motifs is 1. The molecule has 2 heterocycles. The van der Waals surface area contributed by atoms with Crippen LogP contribution in [-0.2, 0) is 4.74 Å². The van der Waals surface area contributed by atoms with Crippen molar-refractivity contribution >= 4 is 40.1 Å². The first kappa shape index (κ1) is 19.3. The zero-order valence-corrected chi connectivity index (χ0v) is 17.3. The van der Waals surface area contributed by atoms with Crippen LogP contribution < -0.4 is 0 Å². The summed E-state index contributed by atoms with van der Waals surface area (Å²) in [6.45, 7) is 4.98. The maximum atomic E-state index is 11.6. The first-order valence-corrected chi connectivity index (χ1v) is 11.2. The van der Waals surface area contributed by atoms with Crippen molar-refractivity contribution in [3.8, 4) is 5.69 Å². The average Bonchev–Trinajstić information content (AvgIpc) is 3.34. The largest absolute Gasteiger partial charge is 0.360 e. The van der Waals surface area contributed by atoms with Crippen molar-refractivity contribution in [3.05, 3.63) is 58.3 Å². The fraction of sp³-hybridized carbons (Fsp3) is 0.350. The monoisotopic (exact) mass is 415 g/mol. The summed E-state index contributed by atoms with van der Waals surface area (Å²) in [7, 11) is 0. The predicted octanol–water partition coefficient (Wildman–Crippen LogP) is 5.44. The molecule has 0 bridgehead atoms. The van der Waals surface area contributed by atoms with Gasteiger partial charge in [-0.2, -0.15) is 5.10 Å². The van der Waals surface area contributed by atoms with Crippen molar-refractivity contribution < 1.29 is 9.66 Å². The third-order valence-electron chi connectivity index (χ3n) is 4.39. The summed E-state index contributed by atoms with van der Waals surface area (Å²) in [4.78, 5) is 12.1. The molecule has 1 saturated heterocycles. The lowest BCUT2D eigenvalue weighted by Gasteiger charge is -2.10. The van der Waals surface area contributed by atoms with E-state index in [0.29, 0.717) is 12.5 Å². The maximum Gasteiger partial charge on any atom is 0.272 e. The smallest absolute Gasteiger partial charge is 0.272 e. The highest BCUT2D eigenvalue weighted by atomic mass is 32.2. The van der Waals surface area contributed by atoms with Gasteiger partial charge in [-0.3, -0.25) is 10.1 Å². The lowest BCUT2D eigenvalue weighted by molar-refractivity contribution is -0.384. The maximum absolute atomic E-state index is 11.6. The standard InChI is InChI=1S/C20H21N3O3S2/c1-13(2)12-28-17-11-15(23(24)25)10-16-18(17)19(20-26-8-9-27-20)21-22(16)14-6-4-3-5-7-14/h3-7,10-11,13,20H,8-9,12H2,1-2H3/t20-/m1/s1. The molecular formula is C20H21N3O3S2. The van der Waals surface area contributed by atoms with Crippen molar-refractivity contribution in [1.29, 1.82) is 0 Å². The topological polar surface area (TPSA) is 70.2 Å². The van der Waals surface area contributed by atoms with Crippen LogP contribution in [0.2, 0.25) is 0 Å². The van der Waals surface area contributed by atoms with Crippen LogP contribution >= 0.6 is 23.5 Å². The molecule has 0 unspecified atom stereocenters. The van der Waals surface area contributed by atoms with Gasteiger partial charge in [0.05, 0.1) is 22.7 Å². The second-order valence-corrected chi connectivity index (χ2v) is 9.24. The number of hydrogen-bond acceptors (Lipinski definition) is 6. The second kappa shape index (κ2) is 8.14. The van der Waals surface area contributed by atoms with E-state index in [1.165, 1.54) is 0 Å². The number of aromatic nitrogens is 2. The third-order valence-corrected chi connectivity index (χ3v) is 6.92. The average molecular weight is 416 g/mol. The number of ether oxygens (including phenoxy) is 1. The Bertz CT molecular complexity index is 999. The number of hydrogen-bond donors (Lipinski definition) is 0. The first-order chi connectivity index (χ1) is 13.5. The minimum Gasteiger partial charge on any atom is -0.360 e. The minimum absolute atomic E-state index is 0.0855. The highest BCUT2D eigenvalue weighted by Crippen LogP contribution is 2.43. The van der Waals surface area contributed by atoms with Crippen LogP contribution in [0, 0.1) is 16.0 Å². The Balaban J connectivity index is 1.97. The van der Waals surface area contributed by atoms with Gasteiger partial charge < -0.3 is 4.74 Å². The number of rotatable bonds is 6. The molecule has 0 amide bonds. The summed E-state index contributed by atoms with van der Waals surface area (Å²) in [6, 6.07) is 13.0. The number of nitro benzene ring substituents is 1. The lowest BCUT2D eigenvalue weighted by atomic mass is 10.2. The fourth-order valence-corrected chi connectivity index (χ4v) is 5.14. The van der Waals surface area contributed by atoms with Gasteiger partial charge in [0.2, 0.25) is 0 Å². The highest BCUT2D eigenvalue weighted by molar-refractivity contribution is 8.00. The Kier molecular flexibility index (Phi) is 5.61. The molecule has 0 N–H and O–H groups in total. The van der Waals surface area contributed by atoms with Gasteiger partial charge in [-0.1, -0.05) is 32.0 Å². The predicted molar refractivity (Wildman–Crippen MR) is 114 cm³/mol. The van der Waals surface area contributed by atoms with Crippen LogP contribution in [0.3, 0.4) is 0 Å². The molecule has 1 atom stereocenters. The van der Waals surface area contributed by atoms with Crippen molar-refractivity contribution in [2.45, 2.75) is 24.2 Å². The molecule has 0 radical (unpaired) electrons. The van der Waals surface area contributed by atoms with E-state index >= 15 is 0 Å². The summed E-state index contributed by atoms with van der Waals surface area (Å²) < 4.78 is 7.70. The summed E-state index contributed by atoms with van der Waals surface area (Å²) >= 11 is 3.37. The number of para-hydroxylation sites is 1. The van der Waals surface area contributed by atoms with E-state index in [4.69, 9.17) is 9.84 Å². The molecule has 28 heavy (non-hydrogen) atoms. The van der Waals surface area contributed by atoms with Crippen LogP contribution in [-0.4, -0.2) is 32.8 Å². The van der Waals surface area contributed by atoms with Gasteiger partial charge in [0.15, 0.2) is 0 Å². The normalized spacial score (nSPS) is 16.9. The van der Waals surface area contributed by atoms with Gasteiger partial charge in [-0.15, -0.1) is 23.5 Å². The molecule has 1 aliphatic rings. The number of benzene rings is 2. The number of thioether (sulfide) groups is 2. The molecule has 3 aromatic rings. The van der Waals surface area contributed by atoms with E-state index in [1.54, 1.807) is 40.3 Å². The van der Waals surface area contributed by atoms with E-state index in [0.717, 1.165) is 38.7 Å². The summed E-state index contributed by atoms with van der Waals surface area (Å²) in [5.41, 5.74) is 2.41. The van der Waals surface area contributed by atoms with E-state index in [-0.39, 0.29) is 16.0 Å². The summed E-state index contributed by atoms with van der Waals surface area (Å²) in [5.74, 6) is 2.28. The van der Waals surface area contributed by atoms with E-state index < -0.39 is 0 Å². The Morgan fingerprint density at radius 2 is 2.14 bits per heavy atom. The molecule has 8 heteroatoms. The van der Waals surface area contributed by atoms with Gasteiger partial charge in [-0.25, -0.2) is 4.68 Å². The summed E-state index contributed by atoms with van der Waals surface area (Å²) in [5, 5.41) is 17.4. The van der Waals surface area contributed by atoms with Crippen LogP contribution in [0.5, 0.6) is 0 Å². The van der Waals surface area contributed by atoms with Gasteiger partial charge in [0.25, 0.3) is 5.69 Å². The second-order valence-electron chi connectivity index (χ2n) is 7.01. The number of non-ortho nitro benzene ring substituents is 1. The summed E-state index contributed by atoms with van der Waals surface area (Å²) in [6.07, 6.45) is 0. The van der Waals surface area contributed by atoms with Crippen LogP contribution in [0.15, 0.2) is 47.4 Å². The van der Waals surface area contributed by atoms with E-state index in [1.807, 2.05) is 30.3 Å². The molecule has 0 spiro atoms. The van der Waals surface area contributed by atoms with Gasteiger partial charge in [0, 0.05) is 33.9 Å². The van der Waals surface area contributed by atoms with Crippen molar-refractivity contribution in [1.82, 2.24) is 9.78 Å². The molecule has 2 aromatic carbocycles. The lowest BCUT2D eigenvalue weighted by Crippen LogP contribution is -1.99. The molecule has 0 aliphatic carbocycles. The van der Waals surface area contributed by atoms with Crippen molar-refractivity contribution in [2.75, 3.05) is 18.1 Å². The van der Waals surface area contributed by atoms with Crippen molar-refractivity contribution in [3.63, 3.8) is 0 Å². The molecule has 4 rings (SSSR count). The van der Waals surface area contributed by atoms with Crippen LogP contribution in [0.4, 0.5) is 5.69 Å². The molecule has 1 aromatic heterocycles. The number of nitro groups is 1. The van der Waals surface area contributed by atoms with Gasteiger partial charge in [0.1, 0.15) is 11.1 Å². The Morgan fingerprint density at radius 1 is 1.36 bits per heavy atom. The quantitative estimate of drug-likeness (QED) is 0.303. The minimum atomic E-state index is -0.332. The first-order valence-electron chi connectivity index (χ1n) is 9.17. The van der Waals surface area contributed by atoms with E-state index in [9.17, 15) is 10.1 Å². The molecule has 1 fully saturated rings. The van der Waals surface area contributed by atoms with Crippen LogP contribution in [0.25, 0.3) is 16.6 Å². The van der Waals surface area contributed by atoms with Gasteiger partial charge >= 0.3 is 0 Å². The Hall–Kier alpha value is -2.03. The Morgan fingerprint density at radius 3 is 2.79 bits per heavy atom. The molecule has 6 nitrogen and oxygen atoms in total. The zero-order chi connectivity index (χ0) is 19.7. The van der Waals surface area contributed by atoms with E-state index in [2.05, 4.69) is 13.8 Å². The van der Waals surface area contributed by atoms with Gasteiger partial charge in [-0.05, 0) is 18.1 Å². The molecular weight excluding hydrogens is 394 g/mol. The Labute approximate surface area is 171 Å². The molecule has 1 aliphatic heterocycles. The van der Waals surface area contributed by atoms with Crippen LogP contribution in [0.1, 0.15) is 25.0 Å². The molecule has 146 valence electrons. The van der Waals surface area contributed by atoms with Crippen molar-refractivity contribution in [2.24, 2.45) is 5.92 Å². The number of nitrogens with zero attached hydrogens (tertiary/aromatic N) is 3. The SMILES string of the molecule is CC(C)CSc1cc([N+](=O)[O-])cc2c1c([C@@H]1OCCS1)nn2-c1ccccc1. The fourth-order valence-electron chi connectivity index (χ4n) is 3.15. The highest BCUT2D eigenvalue weighted by Gasteiger charge is 2.28. The molecule has 0 saturated carbocycles.